The van der Waals surface area contributed by atoms with E-state index >= 15 is 0 Å². The molecule has 0 N–H and O–H groups in total. The van der Waals surface area contributed by atoms with Crippen molar-refractivity contribution in [2.45, 2.75) is 25.7 Å². The topological polar surface area (TPSA) is 16.3 Å². The smallest absolute Gasteiger partial charge is 0.0547 e. The molecular weight excluding hydrogens is 1100 g/mol. The van der Waals surface area contributed by atoms with Gasteiger partial charge in [0, 0.05) is 92.8 Å². The normalized spacial score (nSPS) is 13.3. The first-order valence-corrected chi connectivity index (χ1v) is 31.8. The molecule has 89 heavy (non-hydrogen) atoms. The van der Waals surface area contributed by atoms with Gasteiger partial charge in [-0.2, -0.15) is 0 Å². The highest BCUT2D eigenvalue weighted by Crippen LogP contribution is 2.50. The quantitative estimate of drug-likeness (QED) is 0.121. The molecule has 0 spiro atoms. The summed E-state index contributed by atoms with van der Waals surface area (Å²) in [6.45, 7) is 0. The van der Waals surface area contributed by atoms with Crippen molar-refractivity contribution >= 4 is 97.9 Å². The lowest BCUT2D eigenvalue weighted by atomic mass is 9.90. The van der Waals surface area contributed by atoms with E-state index < -0.39 is 0 Å². The monoisotopic (exact) mass is 1160 g/mol. The summed E-state index contributed by atoms with van der Waals surface area (Å²) in [5, 5.41) is 7.44. The van der Waals surface area contributed by atoms with Gasteiger partial charge in [-0.05, 0) is 186 Å². The van der Waals surface area contributed by atoms with Gasteiger partial charge >= 0.3 is 0 Å². The minimum absolute atomic E-state index is 0.999. The molecule has 3 heterocycles. The number of aromatic nitrogens is 2. The predicted octanol–water partition coefficient (Wildman–Crippen LogP) is 23.7. The molecule has 0 amide bonds. The molecule has 3 aromatic heterocycles. The van der Waals surface area contributed by atoms with Crippen LogP contribution < -0.4 is 9.80 Å². The molecule has 0 atom stereocenters. The van der Waals surface area contributed by atoms with Crippen LogP contribution in [0, 0.1) is 0 Å². The molecule has 17 rings (SSSR count). The molecule has 0 fully saturated rings. The molecule has 0 bridgehead atoms. The SMILES string of the molecule is C1=CCCC(N(C2=CCCC=C2)c2ccc(-c3cc4sc5c(-c6ccc7c8ccccc8n(-c8ccccc8)c7c6)c(-c6ccc(N(c7ccccc7)c7ccccc7)cc6)ccc5c4cc3-c3ccc4c5ccccc5n(-c5ccccc5)c4c3)cc2)=C1. The number of thiophene rings is 1. The van der Waals surface area contributed by atoms with E-state index in [1.165, 1.54) is 120 Å². The molecule has 0 aliphatic heterocycles. The Morgan fingerprint density at radius 3 is 1.42 bits per heavy atom. The van der Waals surface area contributed by atoms with Crippen molar-refractivity contribution in [2.75, 3.05) is 9.80 Å². The van der Waals surface area contributed by atoms with Gasteiger partial charge in [0.2, 0.25) is 0 Å². The number of hydrogen-bond acceptors (Lipinski definition) is 3. The number of rotatable bonds is 12. The Hall–Kier alpha value is -11.0. The van der Waals surface area contributed by atoms with Crippen molar-refractivity contribution in [2.24, 2.45) is 0 Å². The van der Waals surface area contributed by atoms with Crippen LogP contribution in [0.4, 0.5) is 22.7 Å². The summed E-state index contributed by atoms with van der Waals surface area (Å²) >= 11 is 1.91. The fourth-order valence-corrected chi connectivity index (χ4v) is 15.4. The third-order valence-electron chi connectivity index (χ3n) is 18.2. The van der Waals surface area contributed by atoms with Gasteiger partial charge < -0.3 is 18.9 Å². The molecule has 0 saturated heterocycles. The highest BCUT2D eigenvalue weighted by Gasteiger charge is 2.24. The number of allylic oxidation sites excluding steroid dienone is 7. The lowest BCUT2D eigenvalue weighted by molar-refractivity contribution is 0.887. The van der Waals surface area contributed by atoms with Crippen LogP contribution in [0.25, 0.3) is 120 Å². The highest BCUT2D eigenvalue weighted by atomic mass is 32.1. The Labute approximate surface area is 522 Å². The minimum atomic E-state index is 0.999. The molecule has 0 unspecified atom stereocenters. The second-order valence-electron chi connectivity index (χ2n) is 23.4. The molecule has 4 nitrogen and oxygen atoms in total. The maximum atomic E-state index is 2.51. The highest BCUT2D eigenvalue weighted by molar-refractivity contribution is 7.26. The maximum absolute atomic E-state index is 2.51. The zero-order valence-corrected chi connectivity index (χ0v) is 49.9. The summed E-state index contributed by atoms with van der Waals surface area (Å²) < 4.78 is 7.39. The summed E-state index contributed by atoms with van der Waals surface area (Å²) in [6, 6.07) is 103. The molecule has 15 aromatic rings. The van der Waals surface area contributed by atoms with Gasteiger partial charge in [0.1, 0.15) is 0 Å². The van der Waals surface area contributed by atoms with E-state index in [0.29, 0.717) is 0 Å². The van der Waals surface area contributed by atoms with E-state index in [-0.39, 0.29) is 0 Å². The van der Waals surface area contributed by atoms with E-state index in [0.717, 1.165) is 59.7 Å². The van der Waals surface area contributed by atoms with E-state index in [9.17, 15) is 0 Å². The van der Waals surface area contributed by atoms with Crippen LogP contribution in [0.15, 0.2) is 327 Å². The second-order valence-corrected chi connectivity index (χ2v) is 24.4. The van der Waals surface area contributed by atoms with Crippen molar-refractivity contribution in [3.8, 4) is 55.9 Å². The van der Waals surface area contributed by atoms with Gasteiger partial charge in [-0.25, -0.2) is 0 Å². The second kappa shape index (κ2) is 22.1. The van der Waals surface area contributed by atoms with E-state index in [4.69, 9.17) is 0 Å². The van der Waals surface area contributed by atoms with E-state index in [1.54, 1.807) is 0 Å². The summed E-state index contributed by atoms with van der Waals surface area (Å²) in [5.41, 5.74) is 23.6. The fourth-order valence-electron chi connectivity index (χ4n) is 14.1. The average molecular weight is 1160 g/mol. The van der Waals surface area contributed by atoms with Crippen molar-refractivity contribution in [3.63, 3.8) is 0 Å². The summed E-state index contributed by atoms with van der Waals surface area (Å²) in [7, 11) is 0. The zero-order valence-electron chi connectivity index (χ0n) is 49.0. The van der Waals surface area contributed by atoms with Crippen molar-refractivity contribution in [3.05, 3.63) is 327 Å². The number of fused-ring (bicyclic) bond motifs is 9. The fraction of sp³-hybridized carbons (Fsp3) is 0.0476. The first kappa shape index (κ1) is 52.4. The Morgan fingerprint density at radius 2 is 0.831 bits per heavy atom. The van der Waals surface area contributed by atoms with Gasteiger partial charge in [0.05, 0.1) is 22.1 Å². The van der Waals surface area contributed by atoms with Crippen LogP contribution in [-0.4, -0.2) is 9.13 Å². The number of para-hydroxylation sites is 6. The predicted molar refractivity (Wildman–Crippen MR) is 380 cm³/mol. The minimum Gasteiger partial charge on any atom is -0.315 e. The molecular formula is C84H60N4S. The van der Waals surface area contributed by atoms with Crippen molar-refractivity contribution in [1.82, 2.24) is 9.13 Å². The molecule has 12 aromatic carbocycles. The number of hydrogen-bond donors (Lipinski definition) is 0. The van der Waals surface area contributed by atoms with Gasteiger partial charge in [-0.15, -0.1) is 11.3 Å². The van der Waals surface area contributed by atoms with Gasteiger partial charge in [0.15, 0.2) is 0 Å². The molecule has 422 valence electrons. The van der Waals surface area contributed by atoms with Crippen LogP contribution in [-0.2, 0) is 0 Å². The summed E-state index contributed by atoms with van der Waals surface area (Å²) in [5.74, 6) is 0. The van der Waals surface area contributed by atoms with Crippen LogP contribution in [0.5, 0.6) is 0 Å². The van der Waals surface area contributed by atoms with Crippen LogP contribution >= 0.6 is 11.3 Å². The Morgan fingerprint density at radius 1 is 0.337 bits per heavy atom. The molecule has 2 aliphatic carbocycles. The Kier molecular flexibility index (Phi) is 13.0. The average Bonchev–Trinajstić information content (AvgIpc) is 1.67. The zero-order chi connectivity index (χ0) is 58.8. The largest absolute Gasteiger partial charge is 0.315 e. The number of nitrogens with zero attached hydrogens (tertiary/aromatic N) is 4. The maximum Gasteiger partial charge on any atom is 0.0547 e. The number of benzene rings is 12. The first-order chi connectivity index (χ1) is 44.2. The number of anilines is 4. The molecule has 0 radical (unpaired) electrons. The first-order valence-electron chi connectivity index (χ1n) is 31.0. The third kappa shape index (κ3) is 9.12. The summed E-state index contributed by atoms with van der Waals surface area (Å²) in [4.78, 5) is 4.81. The van der Waals surface area contributed by atoms with Crippen LogP contribution in [0.3, 0.4) is 0 Å². The molecule has 2 aliphatic rings. The van der Waals surface area contributed by atoms with Crippen molar-refractivity contribution < 1.29 is 0 Å². The molecule has 5 heteroatoms. The van der Waals surface area contributed by atoms with Crippen LogP contribution in [0.2, 0.25) is 0 Å². The summed E-state index contributed by atoms with van der Waals surface area (Å²) in [6.07, 6.45) is 17.9. The Balaban J connectivity index is 0.900. The lowest BCUT2D eigenvalue weighted by Crippen LogP contribution is -2.22. The van der Waals surface area contributed by atoms with Crippen molar-refractivity contribution in [1.29, 1.82) is 0 Å². The van der Waals surface area contributed by atoms with Gasteiger partial charge in [-0.3, -0.25) is 0 Å². The molecule has 0 saturated carbocycles. The third-order valence-corrected chi connectivity index (χ3v) is 19.4. The lowest BCUT2D eigenvalue weighted by Gasteiger charge is -2.31. The Bertz CT molecular complexity index is 5300. The van der Waals surface area contributed by atoms with E-state index in [2.05, 4.69) is 334 Å². The van der Waals surface area contributed by atoms with Gasteiger partial charge in [0.25, 0.3) is 0 Å². The van der Waals surface area contributed by atoms with Gasteiger partial charge in [-0.1, -0.05) is 194 Å². The van der Waals surface area contributed by atoms with Crippen LogP contribution in [0.1, 0.15) is 25.7 Å². The van der Waals surface area contributed by atoms with E-state index in [1.807, 2.05) is 11.3 Å². The standard InChI is InChI=1S/C84H60N4S/c1-7-23-61(24-8-1)85(62-25-9-2-10-26-62)67-45-39-57(40-46-67)69-51-52-74-77-55-75(59-43-49-72-70-35-19-21-37-78(70)87(80(72)53-59)65-31-15-5-16-32-65)76(58-41-47-68(48-42-58)86(63-27-11-3-12-28-63)64-29-13-4-14-30-64)56-82(77)89-84(74)83(69)60-44-50-73-71-36-20-22-38-79(71)88(81(73)54-60)66-33-17-6-18-34-66/h1-3,5-11,13,15-27,29-56H,4,12,14,28H2.